The second-order valence-corrected chi connectivity index (χ2v) is 7.66. The van der Waals surface area contributed by atoms with Crippen LogP contribution in [0.3, 0.4) is 0 Å². The molecule has 0 spiro atoms. The van der Waals surface area contributed by atoms with Crippen molar-refractivity contribution in [3.8, 4) is 5.75 Å². The zero-order valence-corrected chi connectivity index (χ0v) is 15.0. The van der Waals surface area contributed by atoms with Crippen LogP contribution in [0.1, 0.15) is 10.4 Å². The third-order valence-corrected chi connectivity index (χ3v) is 5.95. The molecule has 3 aromatic rings. The van der Waals surface area contributed by atoms with Gasteiger partial charge in [-0.3, -0.25) is 9.52 Å². The molecule has 0 aliphatic carbocycles. The lowest BCUT2D eigenvalue weighted by atomic mass is 10.1. The van der Waals surface area contributed by atoms with Gasteiger partial charge in [0.15, 0.2) is 0 Å². The fourth-order valence-corrected chi connectivity index (χ4v) is 4.48. The summed E-state index contributed by atoms with van der Waals surface area (Å²) >= 11 is 0. The molecule has 0 unspecified atom stereocenters. The molecule has 1 amide bonds. The van der Waals surface area contributed by atoms with Crippen LogP contribution in [0.5, 0.6) is 5.75 Å². The van der Waals surface area contributed by atoms with Gasteiger partial charge < -0.3 is 9.64 Å². The Labute approximate surface area is 151 Å². The van der Waals surface area contributed by atoms with Gasteiger partial charge in [-0.15, -0.1) is 0 Å². The van der Waals surface area contributed by atoms with E-state index < -0.39 is 10.0 Å². The monoisotopic (exact) mass is 368 g/mol. The van der Waals surface area contributed by atoms with Crippen LogP contribution >= 0.6 is 0 Å². The van der Waals surface area contributed by atoms with Crippen LogP contribution < -0.4 is 14.4 Å². The molecule has 1 N–H and O–H groups in total. The van der Waals surface area contributed by atoms with Crippen molar-refractivity contribution in [2.45, 2.75) is 4.90 Å². The van der Waals surface area contributed by atoms with Crippen LogP contribution in [0.15, 0.2) is 59.5 Å². The van der Waals surface area contributed by atoms with Gasteiger partial charge in [0, 0.05) is 29.1 Å². The molecule has 0 aromatic heterocycles. The topological polar surface area (TPSA) is 75.7 Å². The van der Waals surface area contributed by atoms with Crippen molar-refractivity contribution in [2.75, 3.05) is 23.8 Å². The van der Waals surface area contributed by atoms with Crippen molar-refractivity contribution in [1.82, 2.24) is 0 Å². The van der Waals surface area contributed by atoms with Gasteiger partial charge in [-0.25, -0.2) is 8.42 Å². The van der Waals surface area contributed by atoms with Crippen LogP contribution in [0.4, 0.5) is 11.4 Å². The molecule has 0 radical (unpaired) electrons. The van der Waals surface area contributed by atoms with Gasteiger partial charge in [0.2, 0.25) is 0 Å². The highest BCUT2D eigenvalue weighted by Crippen LogP contribution is 2.39. The van der Waals surface area contributed by atoms with E-state index in [0.29, 0.717) is 33.5 Å². The standard InChI is InChI=1S/C19H16N2O4S/c1-21-16-10-11-17(14-4-3-5-15(18(14)16)19(21)22)26(23,24)20-12-6-8-13(25-2)9-7-12/h3-11,20H,1-2H3. The van der Waals surface area contributed by atoms with Crippen molar-refractivity contribution in [3.63, 3.8) is 0 Å². The number of anilines is 2. The first-order chi connectivity index (χ1) is 12.4. The number of nitrogens with one attached hydrogen (secondary N) is 1. The fraction of sp³-hybridized carbons (Fsp3) is 0.105. The molecule has 0 atom stereocenters. The maximum atomic E-state index is 12.9. The van der Waals surface area contributed by atoms with E-state index in [0.717, 1.165) is 0 Å². The molecule has 26 heavy (non-hydrogen) atoms. The number of carbonyl (C=O) groups excluding carboxylic acids is 1. The Hall–Kier alpha value is -3.06. The number of amides is 1. The number of hydrogen-bond donors (Lipinski definition) is 1. The average molecular weight is 368 g/mol. The molecule has 0 saturated carbocycles. The Kier molecular flexibility index (Phi) is 3.62. The minimum absolute atomic E-state index is 0.136. The van der Waals surface area contributed by atoms with Crippen LogP contribution in [-0.2, 0) is 10.0 Å². The van der Waals surface area contributed by atoms with Crippen molar-refractivity contribution in [3.05, 3.63) is 60.2 Å². The number of sulfonamides is 1. The summed E-state index contributed by atoms with van der Waals surface area (Å²) in [5, 5.41) is 1.19. The molecular formula is C19H16N2O4S. The molecule has 4 rings (SSSR count). The smallest absolute Gasteiger partial charge is 0.262 e. The third-order valence-electron chi connectivity index (χ3n) is 4.51. The normalized spacial score (nSPS) is 13.3. The van der Waals surface area contributed by atoms with Crippen molar-refractivity contribution >= 4 is 38.1 Å². The second-order valence-electron chi connectivity index (χ2n) is 6.01. The van der Waals surface area contributed by atoms with Crippen LogP contribution in [0.2, 0.25) is 0 Å². The van der Waals surface area contributed by atoms with E-state index in [4.69, 9.17) is 4.74 Å². The molecule has 132 valence electrons. The number of nitrogens with zero attached hydrogens (tertiary/aromatic N) is 1. The predicted octanol–water partition coefficient (Wildman–Crippen LogP) is 3.24. The number of ether oxygens (including phenoxy) is 1. The van der Waals surface area contributed by atoms with Gasteiger partial charge in [-0.05, 0) is 42.5 Å². The Bertz CT molecular complexity index is 1140. The van der Waals surface area contributed by atoms with Crippen molar-refractivity contribution in [1.29, 1.82) is 0 Å². The van der Waals surface area contributed by atoms with Gasteiger partial charge in [-0.2, -0.15) is 0 Å². The maximum absolute atomic E-state index is 12.9. The summed E-state index contributed by atoms with van der Waals surface area (Å²) in [6, 6.07) is 15.0. The second kappa shape index (κ2) is 5.74. The van der Waals surface area contributed by atoms with E-state index in [1.54, 1.807) is 62.7 Å². The lowest BCUT2D eigenvalue weighted by molar-refractivity contribution is 0.0999. The van der Waals surface area contributed by atoms with Crippen LogP contribution in [0.25, 0.3) is 10.8 Å². The van der Waals surface area contributed by atoms with E-state index >= 15 is 0 Å². The molecule has 0 bridgehead atoms. The summed E-state index contributed by atoms with van der Waals surface area (Å²) in [4.78, 5) is 14.0. The molecular weight excluding hydrogens is 352 g/mol. The van der Waals surface area contributed by atoms with E-state index in [9.17, 15) is 13.2 Å². The number of methoxy groups -OCH3 is 1. The predicted molar refractivity (Wildman–Crippen MR) is 100 cm³/mol. The van der Waals surface area contributed by atoms with Gasteiger partial charge in [0.1, 0.15) is 5.75 Å². The molecule has 1 heterocycles. The Morgan fingerprint density at radius 3 is 2.42 bits per heavy atom. The van der Waals surface area contributed by atoms with Crippen LogP contribution in [-0.4, -0.2) is 28.5 Å². The fourth-order valence-electron chi connectivity index (χ4n) is 3.21. The SMILES string of the molecule is COc1ccc(NS(=O)(=O)c2ccc3c4c(cccc24)C(=O)N3C)cc1. The van der Waals surface area contributed by atoms with E-state index in [1.807, 2.05) is 0 Å². The van der Waals surface area contributed by atoms with E-state index in [2.05, 4.69) is 4.72 Å². The average Bonchev–Trinajstić information content (AvgIpc) is 2.89. The third kappa shape index (κ3) is 2.40. The summed E-state index contributed by atoms with van der Waals surface area (Å²) in [5.41, 5.74) is 1.66. The lowest BCUT2D eigenvalue weighted by Gasteiger charge is -2.13. The number of benzene rings is 3. The largest absolute Gasteiger partial charge is 0.497 e. The van der Waals surface area contributed by atoms with E-state index in [1.165, 1.54) is 11.0 Å². The van der Waals surface area contributed by atoms with Gasteiger partial charge >= 0.3 is 0 Å². The molecule has 6 nitrogen and oxygen atoms in total. The highest BCUT2D eigenvalue weighted by Gasteiger charge is 2.30. The molecule has 0 fully saturated rings. The number of rotatable bonds is 4. The molecule has 0 saturated heterocycles. The summed E-state index contributed by atoms with van der Waals surface area (Å²) in [6.07, 6.45) is 0. The molecule has 1 aliphatic heterocycles. The number of carbonyl (C=O) groups is 1. The maximum Gasteiger partial charge on any atom is 0.262 e. The number of hydrogen-bond acceptors (Lipinski definition) is 4. The summed E-state index contributed by atoms with van der Waals surface area (Å²) in [5.74, 6) is 0.503. The Balaban J connectivity index is 1.83. The summed E-state index contributed by atoms with van der Waals surface area (Å²) in [6.45, 7) is 0. The zero-order chi connectivity index (χ0) is 18.5. The highest BCUT2D eigenvalue weighted by molar-refractivity contribution is 7.93. The molecule has 1 aliphatic rings. The lowest BCUT2D eigenvalue weighted by Crippen LogP contribution is -2.20. The van der Waals surface area contributed by atoms with Crippen molar-refractivity contribution < 1.29 is 17.9 Å². The first kappa shape index (κ1) is 16.4. The Morgan fingerprint density at radius 1 is 1.00 bits per heavy atom. The zero-order valence-electron chi connectivity index (χ0n) is 14.2. The van der Waals surface area contributed by atoms with Crippen LogP contribution in [0, 0.1) is 0 Å². The molecule has 3 aromatic carbocycles. The summed E-state index contributed by atoms with van der Waals surface area (Å²) < 4.78 is 33.5. The van der Waals surface area contributed by atoms with E-state index in [-0.39, 0.29) is 10.8 Å². The Morgan fingerprint density at radius 2 is 1.73 bits per heavy atom. The van der Waals surface area contributed by atoms with Gasteiger partial charge in [0.25, 0.3) is 15.9 Å². The first-order valence-corrected chi connectivity index (χ1v) is 9.41. The van der Waals surface area contributed by atoms with Gasteiger partial charge in [-0.1, -0.05) is 12.1 Å². The summed E-state index contributed by atoms with van der Waals surface area (Å²) in [7, 11) is -0.594. The van der Waals surface area contributed by atoms with Gasteiger partial charge in [0.05, 0.1) is 17.7 Å². The highest BCUT2D eigenvalue weighted by atomic mass is 32.2. The minimum Gasteiger partial charge on any atom is -0.497 e. The quantitative estimate of drug-likeness (QED) is 0.767. The minimum atomic E-state index is -3.82. The first-order valence-electron chi connectivity index (χ1n) is 7.93. The molecule has 7 heteroatoms. The van der Waals surface area contributed by atoms with Crippen molar-refractivity contribution in [2.24, 2.45) is 0 Å².